The molecule has 27 heavy (non-hydrogen) atoms. The van der Waals surface area contributed by atoms with Gasteiger partial charge >= 0.3 is 6.03 Å². The number of ether oxygens (including phenoxy) is 1. The molecule has 0 saturated carbocycles. The molecule has 0 unspecified atom stereocenters. The van der Waals surface area contributed by atoms with Crippen LogP contribution in [0.2, 0.25) is 5.02 Å². The number of nitrogens with one attached hydrogen (secondary N) is 2. The minimum Gasteiger partial charge on any atom is -0.496 e. The molecule has 0 radical (unpaired) electrons. The summed E-state index contributed by atoms with van der Waals surface area (Å²) in [4.78, 5) is 25.6. The third-order valence-electron chi connectivity index (χ3n) is 4.01. The molecule has 0 aliphatic carbocycles. The van der Waals surface area contributed by atoms with E-state index in [1.807, 2.05) is 24.3 Å². The molecule has 138 valence electrons. The van der Waals surface area contributed by atoms with E-state index in [-0.39, 0.29) is 18.5 Å². The monoisotopic (exact) mass is 383 g/mol. The average molecular weight is 384 g/mol. The lowest BCUT2D eigenvalue weighted by molar-refractivity contribution is 0.0955. The third kappa shape index (κ3) is 4.52. The lowest BCUT2D eigenvalue weighted by Gasteiger charge is -2.13. The minimum absolute atomic E-state index is 0.0898. The van der Waals surface area contributed by atoms with Gasteiger partial charge in [-0.2, -0.15) is 0 Å². The molecule has 0 bridgehead atoms. The largest absolute Gasteiger partial charge is 0.496 e. The molecule has 1 fully saturated rings. The van der Waals surface area contributed by atoms with Crippen LogP contribution >= 0.6 is 11.6 Å². The van der Waals surface area contributed by atoms with Crippen molar-refractivity contribution < 1.29 is 14.3 Å². The zero-order valence-electron chi connectivity index (χ0n) is 14.7. The fraction of sp³-hybridized carbons (Fsp3) is 0.200. The van der Waals surface area contributed by atoms with Crippen LogP contribution in [0.4, 0.5) is 10.5 Å². The van der Waals surface area contributed by atoms with Crippen molar-refractivity contribution in [2.24, 2.45) is 0 Å². The highest BCUT2D eigenvalue weighted by Gasteiger charge is 2.20. The molecular weight excluding hydrogens is 366 g/mol. The van der Waals surface area contributed by atoms with Crippen molar-refractivity contribution in [2.75, 3.05) is 31.6 Å². The zero-order chi connectivity index (χ0) is 19.2. The number of hydrogen-bond acceptors (Lipinski definition) is 3. The Bertz CT molecular complexity index is 916. The van der Waals surface area contributed by atoms with Gasteiger partial charge in [-0.3, -0.25) is 9.69 Å². The number of rotatable bonds is 4. The Labute approximate surface area is 162 Å². The van der Waals surface area contributed by atoms with Crippen LogP contribution in [-0.2, 0) is 0 Å². The number of amides is 3. The normalized spacial score (nSPS) is 12.8. The Morgan fingerprint density at radius 3 is 2.74 bits per heavy atom. The van der Waals surface area contributed by atoms with Crippen LogP contribution in [0, 0.1) is 11.8 Å². The standard InChI is InChI=1S/C20H18ClN3O3/c1-27-18-9-6-15(21)13-17(18)19(25)22-10-2-3-14-4-7-16(8-5-14)24-12-11-23-20(24)26/h4-9,13H,10-12H2,1H3,(H,22,25)(H,23,26). The van der Waals surface area contributed by atoms with E-state index in [1.165, 1.54) is 7.11 Å². The van der Waals surface area contributed by atoms with Crippen LogP contribution in [0.5, 0.6) is 5.75 Å². The van der Waals surface area contributed by atoms with Crippen molar-refractivity contribution in [3.63, 3.8) is 0 Å². The highest BCUT2D eigenvalue weighted by atomic mass is 35.5. The Kier molecular flexibility index (Phi) is 5.84. The molecule has 0 atom stereocenters. The summed E-state index contributed by atoms with van der Waals surface area (Å²) < 4.78 is 5.17. The Hall–Kier alpha value is -3.17. The molecule has 7 heteroatoms. The molecule has 3 amide bonds. The van der Waals surface area contributed by atoms with Crippen LogP contribution in [0.1, 0.15) is 15.9 Å². The third-order valence-corrected chi connectivity index (χ3v) is 4.25. The fourth-order valence-electron chi connectivity index (χ4n) is 2.67. The van der Waals surface area contributed by atoms with Gasteiger partial charge in [-0.1, -0.05) is 23.4 Å². The molecule has 1 aliphatic heterocycles. The predicted molar refractivity (Wildman–Crippen MR) is 104 cm³/mol. The smallest absolute Gasteiger partial charge is 0.321 e. The second kappa shape index (κ2) is 8.47. The topological polar surface area (TPSA) is 70.7 Å². The average Bonchev–Trinajstić information content (AvgIpc) is 3.11. The summed E-state index contributed by atoms with van der Waals surface area (Å²) in [5.74, 6) is 6.03. The van der Waals surface area contributed by atoms with Crippen molar-refractivity contribution >= 4 is 29.2 Å². The van der Waals surface area contributed by atoms with E-state index in [1.54, 1.807) is 23.1 Å². The van der Waals surface area contributed by atoms with Gasteiger partial charge in [0.1, 0.15) is 5.75 Å². The van der Waals surface area contributed by atoms with Gasteiger partial charge in [0, 0.05) is 29.4 Å². The van der Waals surface area contributed by atoms with E-state index in [0.717, 1.165) is 11.3 Å². The molecular formula is C20H18ClN3O3. The fourth-order valence-corrected chi connectivity index (χ4v) is 2.84. The van der Waals surface area contributed by atoms with Gasteiger partial charge in [0.05, 0.1) is 19.2 Å². The maximum atomic E-state index is 12.2. The first kappa shape index (κ1) is 18.6. The summed E-state index contributed by atoms with van der Waals surface area (Å²) in [6.45, 7) is 1.49. The molecule has 2 N–H and O–H groups in total. The Morgan fingerprint density at radius 1 is 1.30 bits per heavy atom. The molecule has 0 aromatic heterocycles. The van der Waals surface area contributed by atoms with Crippen molar-refractivity contribution in [3.8, 4) is 17.6 Å². The number of anilines is 1. The van der Waals surface area contributed by atoms with Crippen LogP contribution in [0.25, 0.3) is 0 Å². The number of halogens is 1. The highest BCUT2D eigenvalue weighted by Crippen LogP contribution is 2.22. The number of hydrogen-bond donors (Lipinski definition) is 2. The molecule has 2 aromatic carbocycles. The number of nitrogens with zero attached hydrogens (tertiary/aromatic N) is 1. The van der Waals surface area contributed by atoms with Gasteiger partial charge in [0.25, 0.3) is 5.91 Å². The van der Waals surface area contributed by atoms with Gasteiger partial charge in [-0.15, -0.1) is 0 Å². The van der Waals surface area contributed by atoms with Crippen molar-refractivity contribution in [1.29, 1.82) is 0 Å². The van der Waals surface area contributed by atoms with Gasteiger partial charge in [0.2, 0.25) is 0 Å². The summed E-state index contributed by atoms with van der Waals surface area (Å²) in [6, 6.07) is 12.2. The van der Waals surface area contributed by atoms with E-state index < -0.39 is 0 Å². The second-order valence-electron chi connectivity index (χ2n) is 5.76. The van der Waals surface area contributed by atoms with Crippen LogP contribution in [0.3, 0.4) is 0 Å². The first-order chi connectivity index (χ1) is 13.1. The number of carbonyl (C=O) groups excluding carboxylic acids is 2. The van der Waals surface area contributed by atoms with E-state index >= 15 is 0 Å². The van der Waals surface area contributed by atoms with E-state index in [0.29, 0.717) is 29.4 Å². The Morgan fingerprint density at radius 2 is 2.07 bits per heavy atom. The number of carbonyl (C=O) groups is 2. The van der Waals surface area contributed by atoms with Gasteiger partial charge in [0.15, 0.2) is 0 Å². The van der Waals surface area contributed by atoms with Crippen molar-refractivity contribution in [1.82, 2.24) is 10.6 Å². The van der Waals surface area contributed by atoms with Gasteiger partial charge < -0.3 is 15.4 Å². The summed E-state index contributed by atoms with van der Waals surface area (Å²) in [5.41, 5.74) is 1.99. The summed E-state index contributed by atoms with van der Waals surface area (Å²) >= 11 is 5.94. The van der Waals surface area contributed by atoms with E-state index in [4.69, 9.17) is 16.3 Å². The highest BCUT2D eigenvalue weighted by molar-refractivity contribution is 6.31. The summed E-state index contributed by atoms with van der Waals surface area (Å²) in [7, 11) is 1.50. The quantitative estimate of drug-likeness (QED) is 0.797. The zero-order valence-corrected chi connectivity index (χ0v) is 15.5. The molecule has 1 aliphatic rings. The van der Waals surface area contributed by atoms with Crippen LogP contribution < -0.4 is 20.3 Å². The molecule has 2 aromatic rings. The number of methoxy groups -OCH3 is 1. The maximum absolute atomic E-state index is 12.2. The van der Waals surface area contributed by atoms with E-state index in [9.17, 15) is 9.59 Å². The van der Waals surface area contributed by atoms with Crippen LogP contribution in [0.15, 0.2) is 42.5 Å². The van der Waals surface area contributed by atoms with Gasteiger partial charge in [-0.25, -0.2) is 4.79 Å². The lowest BCUT2D eigenvalue weighted by atomic mass is 10.2. The lowest BCUT2D eigenvalue weighted by Crippen LogP contribution is -2.27. The summed E-state index contributed by atoms with van der Waals surface area (Å²) in [5, 5.41) is 5.94. The second-order valence-corrected chi connectivity index (χ2v) is 6.20. The van der Waals surface area contributed by atoms with Crippen LogP contribution in [-0.4, -0.2) is 38.7 Å². The van der Waals surface area contributed by atoms with Crippen molar-refractivity contribution in [2.45, 2.75) is 0 Å². The van der Waals surface area contributed by atoms with Gasteiger partial charge in [-0.05, 0) is 42.5 Å². The first-order valence-corrected chi connectivity index (χ1v) is 8.72. The summed E-state index contributed by atoms with van der Waals surface area (Å²) in [6.07, 6.45) is 0. The number of benzene rings is 2. The molecule has 6 nitrogen and oxygen atoms in total. The minimum atomic E-state index is -0.306. The number of urea groups is 1. The molecule has 0 spiro atoms. The maximum Gasteiger partial charge on any atom is 0.321 e. The molecule has 1 heterocycles. The molecule has 1 saturated heterocycles. The SMILES string of the molecule is COc1ccc(Cl)cc1C(=O)NCC#Cc1ccc(N2CCNC2=O)cc1. The first-order valence-electron chi connectivity index (χ1n) is 8.34. The predicted octanol–water partition coefficient (Wildman–Crippen LogP) is 2.66. The van der Waals surface area contributed by atoms with Crippen molar-refractivity contribution in [3.05, 3.63) is 58.6 Å². The molecule has 3 rings (SSSR count). The van der Waals surface area contributed by atoms with E-state index in [2.05, 4.69) is 22.5 Å². The Balaban J connectivity index is 1.58.